The van der Waals surface area contributed by atoms with Crippen LogP contribution in [-0.2, 0) is 13.1 Å². The highest BCUT2D eigenvalue weighted by Crippen LogP contribution is 2.40. The second-order valence-corrected chi connectivity index (χ2v) is 7.77. The first-order valence-corrected chi connectivity index (χ1v) is 9.80. The number of fused-ring (bicyclic) bond motifs is 1. The third-order valence-electron chi connectivity index (χ3n) is 4.08. The molecular formula is C18H21BrClN5O2. The van der Waals surface area contributed by atoms with Crippen LogP contribution in [0.4, 0.5) is 10.7 Å². The van der Waals surface area contributed by atoms with E-state index < -0.39 is 0 Å². The summed E-state index contributed by atoms with van der Waals surface area (Å²) in [7, 11) is 0. The van der Waals surface area contributed by atoms with E-state index in [1.165, 1.54) is 0 Å². The van der Waals surface area contributed by atoms with Crippen LogP contribution in [0, 0.1) is 0 Å². The highest BCUT2D eigenvalue weighted by molar-refractivity contribution is 9.10. The lowest BCUT2D eigenvalue weighted by molar-refractivity contribution is 0.195. The molecule has 0 radical (unpaired) electrons. The number of nitrogens with one attached hydrogen (secondary N) is 1. The second kappa shape index (κ2) is 7.90. The second-order valence-electron chi connectivity index (χ2n) is 6.51. The molecule has 0 saturated carbocycles. The number of carbonyl (C=O) groups is 1. The molecule has 0 unspecified atom stereocenters. The lowest BCUT2D eigenvalue weighted by Gasteiger charge is -2.18. The Bertz CT molecular complexity index is 891. The molecule has 7 nitrogen and oxygen atoms in total. The number of urea groups is 1. The van der Waals surface area contributed by atoms with Crippen molar-refractivity contribution in [2.45, 2.75) is 39.9 Å². The Hall–Kier alpha value is -2.06. The van der Waals surface area contributed by atoms with E-state index in [0.717, 1.165) is 15.7 Å². The van der Waals surface area contributed by atoms with Crippen LogP contribution in [0.2, 0.25) is 5.02 Å². The van der Waals surface area contributed by atoms with Gasteiger partial charge in [-0.3, -0.25) is 0 Å². The van der Waals surface area contributed by atoms with Crippen LogP contribution in [0.3, 0.4) is 0 Å². The molecule has 1 aromatic carbocycles. The molecule has 1 aliphatic heterocycles. The SMILES string of the molecule is CCOc1cc(-c2nc(N)nc3c2CN(C(=O)NC(C)C)C3)c(Cl)cc1Br. The van der Waals surface area contributed by atoms with Crippen molar-refractivity contribution in [1.29, 1.82) is 0 Å². The molecule has 144 valence electrons. The molecule has 9 heteroatoms. The van der Waals surface area contributed by atoms with Crippen molar-refractivity contribution in [1.82, 2.24) is 20.2 Å². The number of anilines is 1. The highest BCUT2D eigenvalue weighted by atomic mass is 79.9. The molecule has 0 bridgehead atoms. The van der Waals surface area contributed by atoms with E-state index in [2.05, 4.69) is 31.2 Å². The number of nitrogens with zero attached hydrogens (tertiary/aromatic N) is 3. The Labute approximate surface area is 171 Å². The first-order valence-electron chi connectivity index (χ1n) is 8.63. The Morgan fingerprint density at radius 3 is 2.81 bits per heavy atom. The molecule has 0 atom stereocenters. The fourth-order valence-electron chi connectivity index (χ4n) is 2.96. The van der Waals surface area contributed by atoms with E-state index in [1.807, 2.05) is 26.8 Å². The normalized spacial score (nSPS) is 13.0. The van der Waals surface area contributed by atoms with Gasteiger partial charge in [0.25, 0.3) is 0 Å². The topological polar surface area (TPSA) is 93.4 Å². The molecule has 3 N–H and O–H groups in total. The molecular weight excluding hydrogens is 434 g/mol. The zero-order valence-corrected chi connectivity index (χ0v) is 17.7. The summed E-state index contributed by atoms with van der Waals surface area (Å²) < 4.78 is 6.41. The summed E-state index contributed by atoms with van der Waals surface area (Å²) in [6.07, 6.45) is 0. The molecule has 0 fully saturated rings. The zero-order valence-electron chi connectivity index (χ0n) is 15.3. The number of nitrogens with two attached hydrogens (primary N) is 1. The van der Waals surface area contributed by atoms with Crippen LogP contribution in [0.15, 0.2) is 16.6 Å². The summed E-state index contributed by atoms with van der Waals surface area (Å²) in [5.41, 5.74) is 8.81. The zero-order chi connectivity index (χ0) is 19.7. The Kier molecular flexibility index (Phi) is 5.76. The molecule has 2 heterocycles. The van der Waals surface area contributed by atoms with Crippen LogP contribution in [0.25, 0.3) is 11.3 Å². The van der Waals surface area contributed by atoms with Gasteiger partial charge in [0.1, 0.15) is 5.75 Å². The van der Waals surface area contributed by atoms with Crippen molar-refractivity contribution >= 4 is 39.5 Å². The van der Waals surface area contributed by atoms with Gasteiger partial charge in [0.05, 0.1) is 40.6 Å². The summed E-state index contributed by atoms with van der Waals surface area (Å²) in [4.78, 5) is 22.8. The maximum absolute atomic E-state index is 12.4. The Morgan fingerprint density at radius 1 is 1.41 bits per heavy atom. The number of halogens is 2. The van der Waals surface area contributed by atoms with E-state index in [0.29, 0.717) is 41.7 Å². The number of benzene rings is 1. The lowest BCUT2D eigenvalue weighted by Crippen LogP contribution is -2.40. The molecule has 0 spiro atoms. The van der Waals surface area contributed by atoms with Crippen LogP contribution in [-0.4, -0.2) is 33.5 Å². The van der Waals surface area contributed by atoms with Gasteiger partial charge in [-0.1, -0.05) is 11.6 Å². The van der Waals surface area contributed by atoms with Crippen LogP contribution >= 0.6 is 27.5 Å². The molecule has 2 aromatic rings. The van der Waals surface area contributed by atoms with Crippen LogP contribution in [0.5, 0.6) is 5.75 Å². The maximum Gasteiger partial charge on any atom is 0.318 e. The van der Waals surface area contributed by atoms with Gasteiger partial charge in [0.15, 0.2) is 0 Å². The number of aromatic nitrogens is 2. The van der Waals surface area contributed by atoms with Gasteiger partial charge in [-0.05, 0) is 48.8 Å². The lowest BCUT2D eigenvalue weighted by atomic mass is 10.1. The minimum absolute atomic E-state index is 0.0477. The number of rotatable bonds is 4. The number of amides is 2. The minimum atomic E-state index is -0.149. The minimum Gasteiger partial charge on any atom is -0.493 e. The van der Waals surface area contributed by atoms with E-state index >= 15 is 0 Å². The first-order chi connectivity index (χ1) is 12.8. The van der Waals surface area contributed by atoms with Gasteiger partial charge in [-0.2, -0.15) is 0 Å². The summed E-state index contributed by atoms with van der Waals surface area (Å²) in [5, 5.41) is 3.40. The van der Waals surface area contributed by atoms with Gasteiger partial charge < -0.3 is 20.7 Å². The average Bonchev–Trinajstić information content (AvgIpc) is 3.00. The number of carbonyl (C=O) groups excluding carboxylic acids is 1. The Morgan fingerprint density at radius 2 is 2.15 bits per heavy atom. The van der Waals surface area contributed by atoms with Gasteiger partial charge in [0.2, 0.25) is 5.95 Å². The number of hydrogen-bond donors (Lipinski definition) is 2. The smallest absolute Gasteiger partial charge is 0.318 e. The van der Waals surface area contributed by atoms with Crippen molar-refractivity contribution in [2.24, 2.45) is 0 Å². The molecule has 27 heavy (non-hydrogen) atoms. The Balaban J connectivity index is 2.03. The van der Waals surface area contributed by atoms with Gasteiger partial charge in [-0.25, -0.2) is 14.8 Å². The van der Waals surface area contributed by atoms with Gasteiger partial charge >= 0.3 is 6.03 Å². The molecule has 3 rings (SSSR count). The number of hydrogen-bond acceptors (Lipinski definition) is 5. The van der Waals surface area contributed by atoms with Crippen molar-refractivity contribution in [3.05, 3.63) is 32.9 Å². The average molecular weight is 455 g/mol. The van der Waals surface area contributed by atoms with E-state index in [-0.39, 0.29) is 18.0 Å². The summed E-state index contributed by atoms with van der Waals surface area (Å²) in [6.45, 7) is 7.03. The van der Waals surface area contributed by atoms with Crippen molar-refractivity contribution in [3.63, 3.8) is 0 Å². The highest BCUT2D eigenvalue weighted by Gasteiger charge is 2.29. The molecule has 0 saturated heterocycles. The predicted molar refractivity (Wildman–Crippen MR) is 109 cm³/mol. The summed E-state index contributed by atoms with van der Waals surface area (Å²) in [5.74, 6) is 0.807. The third kappa shape index (κ3) is 4.11. The molecule has 1 aliphatic rings. The summed E-state index contributed by atoms with van der Waals surface area (Å²) >= 11 is 9.93. The number of nitrogen functional groups attached to an aromatic ring is 1. The van der Waals surface area contributed by atoms with E-state index in [1.54, 1.807) is 11.0 Å². The fourth-order valence-corrected chi connectivity index (χ4v) is 3.80. The van der Waals surface area contributed by atoms with Crippen molar-refractivity contribution in [2.75, 3.05) is 12.3 Å². The van der Waals surface area contributed by atoms with Crippen molar-refractivity contribution < 1.29 is 9.53 Å². The van der Waals surface area contributed by atoms with E-state index in [9.17, 15) is 4.79 Å². The van der Waals surface area contributed by atoms with Gasteiger partial charge in [-0.15, -0.1) is 0 Å². The molecule has 2 amide bonds. The predicted octanol–water partition coefficient (Wildman–Crippen LogP) is 3.97. The quantitative estimate of drug-likeness (QED) is 0.729. The summed E-state index contributed by atoms with van der Waals surface area (Å²) in [6, 6.07) is 3.50. The van der Waals surface area contributed by atoms with Crippen molar-refractivity contribution in [3.8, 4) is 17.0 Å². The molecule has 1 aromatic heterocycles. The van der Waals surface area contributed by atoms with Crippen LogP contribution < -0.4 is 15.8 Å². The largest absolute Gasteiger partial charge is 0.493 e. The third-order valence-corrected chi connectivity index (χ3v) is 5.01. The monoisotopic (exact) mass is 453 g/mol. The van der Waals surface area contributed by atoms with E-state index in [4.69, 9.17) is 22.1 Å². The van der Waals surface area contributed by atoms with Gasteiger partial charge in [0, 0.05) is 17.2 Å². The standard InChI is InChI=1S/C18H21BrClN5O2/c1-4-27-15-5-10(13(20)6-12(15)19)16-11-7-25(18(26)22-9(2)3)8-14(11)23-17(21)24-16/h5-6,9H,4,7-8H2,1-3H3,(H,22,26)(H2,21,23,24). The number of ether oxygens (including phenoxy) is 1. The van der Waals surface area contributed by atoms with Crippen LogP contribution in [0.1, 0.15) is 32.0 Å². The first kappa shape index (κ1) is 19.7. The fraction of sp³-hybridized carbons (Fsp3) is 0.389. The molecule has 0 aliphatic carbocycles. The maximum atomic E-state index is 12.4.